The summed E-state index contributed by atoms with van der Waals surface area (Å²) in [7, 11) is 0. The third-order valence-electron chi connectivity index (χ3n) is 14.6. The highest BCUT2D eigenvalue weighted by Gasteiger charge is 2.37. The van der Waals surface area contributed by atoms with Crippen molar-refractivity contribution in [3.63, 3.8) is 0 Å². The molecule has 2 aliphatic rings. The molecule has 0 unspecified atom stereocenters. The highest BCUT2D eigenvalue weighted by atomic mass is 15.1. The van der Waals surface area contributed by atoms with E-state index in [1.54, 1.807) is 0 Å². The van der Waals surface area contributed by atoms with E-state index in [0.29, 0.717) is 0 Å². The number of para-hydroxylation sites is 3. The molecule has 308 valence electrons. The van der Waals surface area contributed by atoms with Crippen molar-refractivity contribution in [3.05, 3.63) is 222 Å². The van der Waals surface area contributed by atoms with Gasteiger partial charge in [0.15, 0.2) is 0 Å². The minimum absolute atomic E-state index is 0.102. The van der Waals surface area contributed by atoms with Crippen LogP contribution in [0.4, 0.5) is 0 Å². The molecule has 2 heterocycles. The zero-order chi connectivity index (χ0) is 43.6. The van der Waals surface area contributed by atoms with Crippen molar-refractivity contribution in [1.29, 1.82) is 0 Å². The summed E-state index contributed by atoms with van der Waals surface area (Å²) >= 11 is 0. The Morgan fingerprint density at radius 2 is 0.862 bits per heavy atom. The number of fused-ring (bicyclic) bond motifs is 10. The Morgan fingerprint density at radius 1 is 0.354 bits per heavy atom. The van der Waals surface area contributed by atoms with Crippen molar-refractivity contribution in [2.24, 2.45) is 0 Å². The summed E-state index contributed by atoms with van der Waals surface area (Å²) in [6, 6.07) is 73.4. The first-order valence-corrected chi connectivity index (χ1v) is 22.7. The molecule has 2 aromatic heterocycles. The summed E-state index contributed by atoms with van der Waals surface area (Å²) in [5.74, 6) is 0.912. The summed E-state index contributed by atoms with van der Waals surface area (Å²) in [5.41, 5.74) is 22.6. The molecule has 0 N–H and O–H groups in total. The van der Waals surface area contributed by atoms with E-state index in [9.17, 15) is 0 Å². The molecular weight excluding hydrogens is 787 g/mol. The summed E-state index contributed by atoms with van der Waals surface area (Å²) in [4.78, 5) is 10.8. The molecule has 11 aromatic rings. The maximum absolute atomic E-state index is 5.62. The van der Waals surface area contributed by atoms with Crippen LogP contribution in [0.1, 0.15) is 49.9 Å². The van der Waals surface area contributed by atoms with Crippen LogP contribution in [0.3, 0.4) is 0 Å². The lowest BCUT2D eigenvalue weighted by atomic mass is 9.81. The Balaban J connectivity index is 1.02. The summed E-state index contributed by atoms with van der Waals surface area (Å²) in [6.07, 6.45) is 0. The highest BCUT2D eigenvalue weighted by Crippen LogP contribution is 2.52. The van der Waals surface area contributed by atoms with Crippen LogP contribution >= 0.6 is 0 Å². The second-order valence-corrected chi connectivity index (χ2v) is 19.0. The van der Waals surface area contributed by atoms with E-state index in [0.717, 1.165) is 55.7 Å². The Morgan fingerprint density at radius 3 is 1.52 bits per heavy atom. The van der Waals surface area contributed by atoms with Crippen LogP contribution in [0.5, 0.6) is 0 Å². The predicted octanol–water partition coefficient (Wildman–Crippen LogP) is 16.0. The van der Waals surface area contributed by atoms with E-state index in [1.807, 2.05) is 0 Å². The fourth-order valence-electron chi connectivity index (χ4n) is 11.3. The van der Waals surface area contributed by atoms with Gasteiger partial charge >= 0.3 is 0 Å². The fourth-order valence-corrected chi connectivity index (χ4v) is 11.3. The summed E-state index contributed by atoms with van der Waals surface area (Å²) < 4.78 is 2.26. The van der Waals surface area contributed by atoms with Gasteiger partial charge in [-0.05, 0) is 121 Å². The number of imidazole rings is 1. The van der Waals surface area contributed by atoms with E-state index in [4.69, 9.17) is 9.97 Å². The Hall–Kier alpha value is -7.88. The molecule has 0 bridgehead atoms. The monoisotopic (exact) mass is 831 g/mol. The molecule has 0 radical (unpaired) electrons. The zero-order valence-electron chi connectivity index (χ0n) is 36.9. The van der Waals surface area contributed by atoms with Crippen LogP contribution in [0.2, 0.25) is 0 Å². The summed E-state index contributed by atoms with van der Waals surface area (Å²) in [5, 5.41) is 3.49. The van der Waals surface area contributed by atoms with Crippen molar-refractivity contribution in [3.8, 4) is 72.8 Å². The van der Waals surface area contributed by atoms with Gasteiger partial charge in [0.1, 0.15) is 5.82 Å². The maximum atomic E-state index is 5.62. The van der Waals surface area contributed by atoms with Gasteiger partial charge in [-0.3, -0.25) is 4.57 Å². The van der Waals surface area contributed by atoms with Crippen LogP contribution in [0.25, 0.3) is 106 Å². The molecule has 0 fully saturated rings. The molecule has 2 aliphatic carbocycles. The molecule has 0 saturated heterocycles. The first-order chi connectivity index (χ1) is 31.7. The fraction of sp³-hybridized carbons (Fsp3) is 0.0968. The van der Waals surface area contributed by atoms with Gasteiger partial charge in [-0.25, -0.2) is 9.97 Å². The van der Waals surface area contributed by atoms with Gasteiger partial charge in [0.25, 0.3) is 0 Å². The van der Waals surface area contributed by atoms with Gasteiger partial charge in [0, 0.05) is 38.4 Å². The molecule has 0 aliphatic heterocycles. The molecule has 3 heteroatoms. The standard InChI is InChI=1S/C62H45N3/c1-61(2)52-22-12-10-19-44(52)46-32-30-40(34-54(46)61)49-36-51-50(41-31-33-47-45-20-11-13-23-53(45)62(3,4)55(47)35-41)37-57(63-59(51)48-21-9-8-18-43(48)49)38-26-28-39(29-27-38)60-64-56-24-14-15-25-58(56)65(60)42-16-6-5-7-17-42/h5-37H,1-4H3. The first-order valence-electron chi connectivity index (χ1n) is 22.7. The van der Waals surface area contributed by atoms with Crippen LogP contribution in [-0.2, 0) is 10.8 Å². The van der Waals surface area contributed by atoms with Gasteiger partial charge in [0.05, 0.1) is 22.2 Å². The normalized spacial score (nSPS) is 14.1. The van der Waals surface area contributed by atoms with Crippen molar-refractivity contribution in [1.82, 2.24) is 14.5 Å². The Labute approximate surface area is 379 Å². The molecule has 0 saturated carbocycles. The lowest BCUT2D eigenvalue weighted by molar-refractivity contribution is 0.660. The second kappa shape index (κ2) is 13.8. The van der Waals surface area contributed by atoms with Gasteiger partial charge in [-0.15, -0.1) is 0 Å². The topological polar surface area (TPSA) is 30.7 Å². The van der Waals surface area contributed by atoms with Gasteiger partial charge < -0.3 is 0 Å². The van der Waals surface area contributed by atoms with E-state index < -0.39 is 0 Å². The maximum Gasteiger partial charge on any atom is 0.145 e. The molecule has 65 heavy (non-hydrogen) atoms. The molecule has 3 nitrogen and oxygen atoms in total. The van der Waals surface area contributed by atoms with Crippen molar-refractivity contribution in [2.75, 3.05) is 0 Å². The van der Waals surface area contributed by atoms with E-state index in [1.165, 1.54) is 72.1 Å². The molecule has 9 aromatic carbocycles. The minimum atomic E-state index is -0.133. The third-order valence-corrected chi connectivity index (χ3v) is 14.6. The average molecular weight is 832 g/mol. The van der Waals surface area contributed by atoms with E-state index in [-0.39, 0.29) is 10.8 Å². The predicted molar refractivity (Wildman–Crippen MR) is 271 cm³/mol. The second-order valence-electron chi connectivity index (χ2n) is 19.0. The van der Waals surface area contributed by atoms with Crippen LogP contribution < -0.4 is 0 Å². The lowest BCUT2D eigenvalue weighted by Crippen LogP contribution is -2.15. The smallest absolute Gasteiger partial charge is 0.145 e. The SMILES string of the molecule is CC1(C)c2ccccc2-c2ccc(-c3cc4c(-c5ccc6c(c5)C(C)(C)c5ccccc5-6)cc(-c5ccc(-c6nc7ccccc7n6-c6ccccc6)cc5)nc4c4ccccc34)cc21. The minimum Gasteiger partial charge on any atom is -0.292 e. The number of hydrogen-bond donors (Lipinski definition) is 0. The average Bonchev–Trinajstić information content (AvgIpc) is 3.93. The largest absolute Gasteiger partial charge is 0.292 e. The Bertz CT molecular complexity index is 3760. The highest BCUT2D eigenvalue weighted by molar-refractivity contribution is 6.16. The number of rotatable bonds is 5. The zero-order valence-corrected chi connectivity index (χ0v) is 36.9. The molecule has 0 spiro atoms. The van der Waals surface area contributed by atoms with Gasteiger partial charge in [-0.2, -0.15) is 0 Å². The summed E-state index contributed by atoms with van der Waals surface area (Å²) in [6.45, 7) is 9.46. The first kappa shape index (κ1) is 37.7. The van der Waals surface area contributed by atoms with Gasteiger partial charge in [-0.1, -0.05) is 179 Å². The van der Waals surface area contributed by atoms with Crippen molar-refractivity contribution < 1.29 is 0 Å². The number of pyridine rings is 1. The van der Waals surface area contributed by atoms with Crippen LogP contribution in [0, 0.1) is 0 Å². The third kappa shape index (κ3) is 5.55. The van der Waals surface area contributed by atoms with Crippen molar-refractivity contribution in [2.45, 2.75) is 38.5 Å². The lowest BCUT2D eigenvalue weighted by Gasteiger charge is -2.23. The number of benzene rings is 9. The molecule has 0 atom stereocenters. The van der Waals surface area contributed by atoms with Gasteiger partial charge in [0.2, 0.25) is 0 Å². The number of hydrogen-bond acceptors (Lipinski definition) is 2. The number of nitrogens with zero attached hydrogens (tertiary/aromatic N) is 3. The molecular formula is C62H45N3. The van der Waals surface area contributed by atoms with E-state index in [2.05, 4.69) is 232 Å². The van der Waals surface area contributed by atoms with E-state index >= 15 is 0 Å². The van der Waals surface area contributed by atoms with Crippen LogP contribution in [0.15, 0.2) is 200 Å². The quantitative estimate of drug-likeness (QED) is 0.162. The number of aromatic nitrogens is 3. The van der Waals surface area contributed by atoms with Crippen LogP contribution in [-0.4, -0.2) is 14.5 Å². The molecule has 0 amide bonds. The Kier molecular flexibility index (Phi) is 8.00. The van der Waals surface area contributed by atoms with Crippen molar-refractivity contribution >= 4 is 32.7 Å². The molecule has 13 rings (SSSR count).